The van der Waals surface area contributed by atoms with Gasteiger partial charge in [-0.25, -0.2) is 4.39 Å². The van der Waals surface area contributed by atoms with Gasteiger partial charge in [-0.3, -0.25) is 9.78 Å². The third-order valence-corrected chi connectivity index (χ3v) is 4.94. The molecule has 1 heterocycles. The van der Waals surface area contributed by atoms with Gasteiger partial charge in [0.25, 0.3) is 5.91 Å². The van der Waals surface area contributed by atoms with E-state index in [0.717, 1.165) is 12.8 Å². The zero-order chi connectivity index (χ0) is 20.4. The van der Waals surface area contributed by atoms with Crippen LogP contribution in [0.5, 0.6) is 0 Å². The van der Waals surface area contributed by atoms with Crippen molar-refractivity contribution < 1.29 is 9.18 Å². The van der Waals surface area contributed by atoms with E-state index in [9.17, 15) is 9.18 Å². The number of carbonyl (C=O) groups is 1. The van der Waals surface area contributed by atoms with Crippen molar-refractivity contribution >= 4 is 17.8 Å². The number of rotatable bonds is 5. The minimum atomic E-state index is -0.409. The van der Waals surface area contributed by atoms with Gasteiger partial charge in [0.1, 0.15) is 11.2 Å². The van der Waals surface area contributed by atoms with Gasteiger partial charge >= 0.3 is 0 Å². The van der Waals surface area contributed by atoms with Gasteiger partial charge in [0.05, 0.1) is 5.56 Å². The van der Waals surface area contributed by atoms with E-state index in [-0.39, 0.29) is 17.1 Å². The maximum absolute atomic E-state index is 13.9. The summed E-state index contributed by atoms with van der Waals surface area (Å²) in [6, 6.07) is 11.9. The molecule has 0 spiro atoms. The molecule has 0 fully saturated rings. The summed E-state index contributed by atoms with van der Waals surface area (Å²) in [5, 5.41) is 4.31. The fourth-order valence-electron chi connectivity index (χ4n) is 4.18. The first kappa shape index (κ1) is 20.2. The summed E-state index contributed by atoms with van der Waals surface area (Å²) in [7, 11) is 0. The Kier molecular flexibility index (Phi) is 5.69. The molecular weight excluding hydrogens is 351 g/mol. The molecule has 2 aromatic rings. The van der Waals surface area contributed by atoms with E-state index in [1.807, 2.05) is 24.3 Å². The maximum atomic E-state index is 13.9. The summed E-state index contributed by atoms with van der Waals surface area (Å²) in [6.07, 6.45) is 6.01. The summed E-state index contributed by atoms with van der Waals surface area (Å²) in [5.74, 6) is -0.372. The lowest BCUT2D eigenvalue weighted by Crippen LogP contribution is -2.50. The van der Waals surface area contributed by atoms with Gasteiger partial charge in [0.15, 0.2) is 0 Å². The SMILES string of the molecule is CC(C)(C)CC(C)(Cc1ccccc1)NC(=O)c1cnc2c(c1)=CCCC=2F. The molecule has 1 amide bonds. The highest BCUT2D eigenvalue weighted by Gasteiger charge is 2.32. The predicted octanol–water partition coefficient (Wildman–Crippen LogP) is 3.90. The second kappa shape index (κ2) is 7.86. The highest BCUT2D eigenvalue weighted by molar-refractivity contribution is 5.94. The number of pyridine rings is 1. The zero-order valence-electron chi connectivity index (χ0n) is 17.2. The Morgan fingerprint density at radius 1 is 1.18 bits per heavy atom. The number of nitrogens with one attached hydrogen (secondary N) is 1. The van der Waals surface area contributed by atoms with Crippen LogP contribution in [0.15, 0.2) is 42.6 Å². The Bertz CT molecular complexity index is 976. The molecule has 0 aliphatic heterocycles. The fraction of sp³-hybridized carbons (Fsp3) is 0.417. The highest BCUT2D eigenvalue weighted by atomic mass is 19.1. The monoisotopic (exact) mass is 380 g/mol. The molecule has 0 bridgehead atoms. The second-order valence-electron chi connectivity index (χ2n) is 9.22. The van der Waals surface area contributed by atoms with Crippen LogP contribution >= 0.6 is 0 Å². The number of benzene rings is 1. The zero-order valence-corrected chi connectivity index (χ0v) is 17.2. The number of hydrogen-bond donors (Lipinski definition) is 1. The van der Waals surface area contributed by atoms with Crippen molar-refractivity contribution in [2.45, 2.75) is 58.9 Å². The van der Waals surface area contributed by atoms with Gasteiger partial charge in [-0.05, 0) is 48.4 Å². The number of amides is 1. The van der Waals surface area contributed by atoms with E-state index in [1.165, 1.54) is 11.8 Å². The molecule has 28 heavy (non-hydrogen) atoms. The van der Waals surface area contributed by atoms with Crippen molar-refractivity contribution in [1.82, 2.24) is 10.3 Å². The fourth-order valence-corrected chi connectivity index (χ4v) is 4.18. The van der Waals surface area contributed by atoms with Crippen molar-refractivity contribution in [1.29, 1.82) is 0 Å². The van der Waals surface area contributed by atoms with E-state index < -0.39 is 5.54 Å². The van der Waals surface area contributed by atoms with Crippen LogP contribution < -0.4 is 15.9 Å². The summed E-state index contributed by atoms with van der Waals surface area (Å²) in [6.45, 7) is 8.62. The molecular formula is C24H29FN2O. The molecule has 1 aliphatic carbocycles. The van der Waals surface area contributed by atoms with Crippen molar-refractivity contribution in [2.24, 2.45) is 5.41 Å². The molecule has 4 heteroatoms. The first-order valence-electron chi connectivity index (χ1n) is 9.87. The lowest BCUT2D eigenvalue weighted by molar-refractivity contribution is 0.0878. The third kappa shape index (κ3) is 5.06. The Morgan fingerprint density at radius 3 is 2.57 bits per heavy atom. The van der Waals surface area contributed by atoms with Crippen LogP contribution in [0.25, 0.3) is 11.9 Å². The second-order valence-corrected chi connectivity index (χ2v) is 9.22. The minimum absolute atomic E-state index is 0.0524. The average Bonchev–Trinajstić information content (AvgIpc) is 2.60. The summed E-state index contributed by atoms with van der Waals surface area (Å²) < 4.78 is 13.9. The lowest BCUT2D eigenvalue weighted by atomic mass is 9.77. The molecule has 1 atom stereocenters. The standard InChI is InChI=1S/C24H29FN2O/c1-23(2,3)16-24(4,14-17-9-6-5-7-10-17)27-22(28)19-13-18-11-8-12-20(25)21(18)26-15-19/h5-7,9-11,13,15H,8,12,14,16H2,1-4H3,(H,27,28). The molecule has 0 saturated heterocycles. The van der Waals surface area contributed by atoms with Crippen LogP contribution in [0, 0.1) is 5.41 Å². The molecule has 3 rings (SSSR count). The van der Waals surface area contributed by atoms with Gasteiger partial charge in [-0.2, -0.15) is 0 Å². The first-order valence-corrected chi connectivity index (χ1v) is 9.87. The number of carbonyl (C=O) groups excluding carboxylic acids is 1. The topological polar surface area (TPSA) is 42.0 Å². The largest absolute Gasteiger partial charge is 0.346 e. The van der Waals surface area contributed by atoms with E-state index in [4.69, 9.17) is 0 Å². The van der Waals surface area contributed by atoms with Crippen molar-refractivity contribution in [3.05, 3.63) is 64.3 Å². The van der Waals surface area contributed by atoms with Crippen LogP contribution in [0.4, 0.5) is 4.39 Å². The molecule has 1 N–H and O–H groups in total. The van der Waals surface area contributed by atoms with Crippen molar-refractivity contribution in [2.75, 3.05) is 0 Å². The molecule has 1 aromatic heterocycles. The third-order valence-electron chi connectivity index (χ3n) is 4.94. The van der Waals surface area contributed by atoms with E-state index in [1.54, 1.807) is 6.07 Å². The normalized spacial score (nSPS) is 16.0. The number of hydrogen-bond acceptors (Lipinski definition) is 2. The Hall–Kier alpha value is -2.49. The van der Waals surface area contributed by atoms with Gasteiger partial charge in [0.2, 0.25) is 0 Å². The van der Waals surface area contributed by atoms with Crippen molar-refractivity contribution in [3.8, 4) is 0 Å². The average molecular weight is 381 g/mol. The lowest BCUT2D eigenvalue weighted by Gasteiger charge is -2.37. The molecule has 148 valence electrons. The number of halogens is 1. The van der Waals surface area contributed by atoms with Gasteiger partial charge in [-0.1, -0.05) is 57.2 Å². The highest BCUT2D eigenvalue weighted by Crippen LogP contribution is 2.30. The van der Waals surface area contributed by atoms with Gasteiger partial charge in [0, 0.05) is 18.2 Å². The molecule has 0 radical (unpaired) electrons. The molecule has 1 aliphatic rings. The Balaban J connectivity index is 1.88. The first-order chi connectivity index (χ1) is 13.2. The minimum Gasteiger partial charge on any atom is -0.346 e. The van der Waals surface area contributed by atoms with Crippen LogP contribution in [0.1, 0.15) is 62.9 Å². The number of fused-ring (bicyclic) bond motifs is 1. The van der Waals surface area contributed by atoms with Gasteiger partial charge < -0.3 is 5.32 Å². The number of aromatic nitrogens is 1. The maximum Gasteiger partial charge on any atom is 0.253 e. The quantitative estimate of drug-likeness (QED) is 0.855. The van der Waals surface area contributed by atoms with Crippen LogP contribution in [-0.2, 0) is 6.42 Å². The molecule has 3 nitrogen and oxygen atoms in total. The van der Waals surface area contributed by atoms with Crippen molar-refractivity contribution in [3.63, 3.8) is 0 Å². The van der Waals surface area contributed by atoms with E-state index in [2.05, 4.69) is 50.1 Å². The van der Waals surface area contributed by atoms with Crippen LogP contribution in [0.3, 0.4) is 0 Å². The van der Waals surface area contributed by atoms with E-state index in [0.29, 0.717) is 29.0 Å². The van der Waals surface area contributed by atoms with Crippen LogP contribution in [-0.4, -0.2) is 16.4 Å². The number of nitrogens with zero attached hydrogens (tertiary/aromatic N) is 1. The summed E-state index contributed by atoms with van der Waals surface area (Å²) >= 11 is 0. The summed E-state index contributed by atoms with van der Waals surface area (Å²) in [4.78, 5) is 17.2. The van der Waals surface area contributed by atoms with E-state index >= 15 is 0 Å². The molecule has 1 unspecified atom stereocenters. The predicted molar refractivity (Wildman–Crippen MR) is 112 cm³/mol. The molecule has 1 aromatic carbocycles. The van der Waals surface area contributed by atoms with Gasteiger partial charge in [-0.15, -0.1) is 0 Å². The Morgan fingerprint density at radius 2 is 1.89 bits per heavy atom. The van der Waals surface area contributed by atoms with Crippen LogP contribution in [0.2, 0.25) is 0 Å². The molecule has 0 saturated carbocycles. The Labute approximate surface area is 166 Å². The smallest absolute Gasteiger partial charge is 0.253 e. The summed E-state index contributed by atoms with van der Waals surface area (Å²) in [5.41, 5.74) is 1.30.